The summed E-state index contributed by atoms with van der Waals surface area (Å²) in [7, 11) is 0. The van der Waals surface area contributed by atoms with Gasteiger partial charge in [0.15, 0.2) is 6.04 Å². The molecule has 0 fully saturated rings. The number of carboxylic acids is 1. The Balaban J connectivity index is 2.11. The second-order valence-corrected chi connectivity index (χ2v) is 4.28. The second-order valence-electron chi connectivity index (χ2n) is 4.28. The summed E-state index contributed by atoms with van der Waals surface area (Å²) in [4.78, 5) is 38.1. The maximum atomic E-state index is 11.9. The Morgan fingerprint density at radius 3 is 2.57 bits per heavy atom. The molecule has 1 unspecified atom stereocenters. The number of aliphatic carboxylic acids is 1. The summed E-state index contributed by atoms with van der Waals surface area (Å²) in [5.74, 6) is -1.76. The lowest BCUT2D eigenvalue weighted by molar-refractivity contribution is -0.142. The smallest absolute Gasteiger partial charge is 0.347 e. The lowest BCUT2D eigenvalue weighted by Crippen LogP contribution is -2.38. The lowest BCUT2D eigenvalue weighted by atomic mass is 10.1. The van der Waals surface area contributed by atoms with Crippen molar-refractivity contribution < 1.29 is 14.7 Å². The van der Waals surface area contributed by atoms with E-state index in [1.165, 1.54) is 18.5 Å². The molecular formula is C14H13N3O4. The summed E-state index contributed by atoms with van der Waals surface area (Å²) in [6.07, 6.45) is 2.73. The molecule has 0 aliphatic carbocycles. The molecule has 0 aliphatic heterocycles. The molecule has 21 heavy (non-hydrogen) atoms. The third kappa shape index (κ3) is 3.75. The molecule has 2 aromatic rings. The van der Waals surface area contributed by atoms with E-state index in [1.807, 2.05) is 0 Å². The Morgan fingerprint density at radius 1 is 1.24 bits per heavy atom. The first kappa shape index (κ1) is 14.4. The highest BCUT2D eigenvalue weighted by atomic mass is 16.4. The maximum absolute atomic E-state index is 11.9. The van der Waals surface area contributed by atoms with Crippen LogP contribution >= 0.6 is 0 Å². The van der Waals surface area contributed by atoms with Gasteiger partial charge in [0.05, 0.1) is 0 Å². The summed E-state index contributed by atoms with van der Waals surface area (Å²) in [6, 6.07) is 8.68. The van der Waals surface area contributed by atoms with Gasteiger partial charge in [-0.15, -0.1) is 0 Å². The van der Waals surface area contributed by atoms with E-state index in [0.717, 1.165) is 4.57 Å². The van der Waals surface area contributed by atoms with E-state index in [4.69, 9.17) is 0 Å². The van der Waals surface area contributed by atoms with Crippen LogP contribution in [0.25, 0.3) is 0 Å². The SMILES string of the molecule is O=C(Cn1cccnc1=O)NC(C(=O)O)c1ccccc1. The number of rotatable bonds is 5. The van der Waals surface area contributed by atoms with Gasteiger partial charge in [0.1, 0.15) is 6.54 Å². The van der Waals surface area contributed by atoms with Crippen molar-refractivity contribution in [3.05, 3.63) is 64.8 Å². The van der Waals surface area contributed by atoms with Crippen LogP contribution in [0.4, 0.5) is 0 Å². The van der Waals surface area contributed by atoms with Gasteiger partial charge in [-0.1, -0.05) is 30.3 Å². The van der Waals surface area contributed by atoms with Crippen molar-refractivity contribution in [1.29, 1.82) is 0 Å². The molecule has 7 nitrogen and oxygen atoms in total. The lowest BCUT2D eigenvalue weighted by Gasteiger charge is -2.15. The third-order valence-electron chi connectivity index (χ3n) is 2.78. The number of hydrogen-bond donors (Lipinski definition) is 2. The fourth-order valence-electron chi connectivity index (χ4n) is 1.80. The quantitative estimate of drug-likeness (QED) is 0.817. The fourth-order valence-corrected chi connectivity index (χ4v) is 1.80. The molecule has 108 valence electrons. The molecule has 0 saturated carbocycles. The zero-order chi connectivity index (χ0) is 15.2. The second kappa shape index (κ2) is 6.47. The van der Waals surface area contributed by atoms with Crippen LogP contribution in [0.2, 0.25) is 0 Å². The van der Waals surface area contributed by atoms with E-state index in [0.29, 0.717) is 5.56 Å². The molecule has 0 spiro atoms. The molecule has 2 N–H and O–H groups in total. The standard InChI is InChI=1S/C14H13N3O4/c18-11(9-17-8-4-7-15-14(17)21)16-12(13(19)20)10-5-2-1-3-6-10/h1-8,12H,9H2,(H,16,18)(H,19,20). The molecule has 0 saturated heterocycles. The molecule has 1 amide bonds. The molecular weight excluding hydrogens is 274 g/mol. The van der Waals surface area contributed by atoms with Gasteiger partial charge < -0.3 is 10.4 Å². The number of carbonyl (C=O) groups excluding carboxylic acids is 1. The van der Waals surface area contributed by atoms with Crippen molar-refractivity contribution in [3.63, 3.8) is 0 Å². The third-order valence-corrected chi connectivity index (χ3v) is 2.78. The van der Waals surface area contributed by atoms with Crippen LogP contribution in [-0.4, -0.2) is 26.5 Å². The summed E-state index contributed by atoms with van der Waals surface area (Å²) >= 11 is 0. The van der Waals surface area contributed by atoms with Crippen LogP contribution in [-0.2, 0) is 16.1 Å². The van der Waals surface area contributed by atoms with Gasteiger partial charge in [0.2, 0.25) is 5.91 Å². The zero-order valence-electron chi connectivity index (χ0n) is 11.0. The number of carbonyl (C=O) groups is 2. The fraction of sp³-hybridized carbons (Fsp3) is 0.143. The van der Waals surface area contributed by atoms with E-state index in [-0.39, 0.29) is 6.54 Å². The van der Waals surface area contributed by atoms with E-state index < -0.39 is 23.6 Å². The van der Waals surface area contributed by atoms with Gasteiger partial charge in [-0.25, -0.2) is 14.6 Å². The highest BCUT2D eigenvalue weighted by Gasteiger charge is 2.21. The molecule has 1 aromatic heterocycles. The van der Waals surface area contributed by atoms with Crippen LogP contribution in [0.5, 0.6) is 0 Å². The number of nitrogens with one attached hydrogen (secondary N) is 1. The first-order valence-corrected chi connectivity index (χ1v) is 6.16. The zero-order valence-corrected chi connectivity index (χ0v) is 11.0. The van der Waals surface area contributed by atoms with E-state index in [9.17, 15) is 19.5 Å². The number of aromatic nitrogens is 2. The number of carboxylic acid groups (broad SMARTS) is 1. The number of nitrogens with zero attached hydrogens (tertiary/aromatic N) is 2. The van der Waals surface area contributed by atoms with Crippen LogP contribution in [0, 0.1) is 0 Å². The summed E-state index contributed by atoms with van der Waals surface area (Å²) in [6.45, 7) is -0.288. The molecule has 0 bridgehead atoms. The van der Waals surface area contributed by atoms with Gasteiger partial charge in [0.25, 0.3) is 0 Å². The molecule has 1 atom stereocenters. The minimum atomic E-state index is -1.17. The first-order chi connectivity index (χ1) is 10.1. The van der Waals surface area contributed by atoms with Crippen LogP contribution in [0.15, 0.2) is 53.6 Å². The highest BCUT2D eigenvalue weighted by Crippen LogP contribution is 2.12. The highest BCUT2D eigenvalue weighted by molar-refractivity contribution is 5.84. The van der Waals surface area contributed by atoms with Gasteiger partial charge in [-0.05, 0) is 11.6 Å². The topological polar surface area (TPSA) is 101 Å². The van der Waals surface area contributed by atoms with Crippen molar-refractivity contribution in [2.75, 3.05) is 0 Å². The maximum Gasteiger partial charge on any atom is 0.347 e. The molecule has 0 aliphatic rings. The van der Waals surface area contributed by atoms with Crippen LogP contribution in [0.1, 0.15) is 11.6 Å². The predicted molar refractivity (Wildman–Crippen MR) is 73.5 cm³/mol. The minimum Gasteiger partial charge on any atom is -0.479 e. The molecule has 0 radical (unpaired) electrons. The largest absolute Gasteiger partial charge is 0.479 e. The minimum absolute atomic E-state index is 0.288. The molecule has 1 heterocycles. The summed E-state index contributed by atoms with van der Waals surface area (Å²) in [5, 5.41) is 11.6. The Bertz CT molecular complexity index is 697. The number of benzene rings is 1. The molecule has 1 aromatic carbocycles. The van der Waals surface area contributed by atoms with E-state index in [2.05, 4.69) is 10.3 Å². The summed E-state index contributed by atoms with van der Waals surface area (Å²) in [5.41, 5.74) is -0.115. The first-order valence-electron chi connectivity index (χ1n) is 6.16. The molecule has 7 heteroatoms. The van der Waals surface area contributed by atoms with E-state index in [1.54, 1.807) is 30.3 Å². The normalized spacial score (nSPS) is 11.6. The Kier molecular flexibility index (Phi) is 4.45. The average Bonchev–Trinajstić information content (AvgIpc) is 2.48. The van der Waals surface area contributed by atoms with Gasteiger partial charge in [-0.2, -0.15) is 0 Å². The van der Waals surface area contributed by atoms with Gasteiger partial charge in [0, 0.05) is 12.4 Å². The van der Waals surface area contributed by atoms with Gasteiger partial charge >= 0.3 is 11.7 Å². The average molecular weight is 287 g/mol. The summed E-state index contributed by atoms with van der Waals surface area (Å²) < 4.78 is 1.10. The monoisotopic (exact) mass is 287 g/mol. The van der Waals surface area contributed by atoms with Crippen molar-refractivity contribution in [2.24, 2.45) is 0 Å². The van der Waals surface area contributed by atoms with Crippen LogP contribution in [0.3, 0.4) is 0 Å². The van der Waals surface area contributed by atoms with Crippen molar-refractivity contribution >= 4 is 11.9 Å². The van der Waals surface area contributed by atoms with E-state index >= 15 is 0 Å². The molecule has 2 rings (SSSR count). The predicted octanol–water partition coefficient (Wildman–Crippen LogP) is 0.185. The van der Waals surface area contributed by atoms with Crippen molar-refractivity contribution in [2.45, 2.75) is 12.6 Å². The Labute approximate surface area is 119 Å². The Hall–Kier alpha value is -2.96. The van der Waals surface area contributed by atoms with Crippen molar-refractivity contribution in [3.8, 4) is 0 Å². The van der Waals surface area contributed by atoms with Gasteiger partial charge in [-0.3, -0.25) is 9.36 Å². The van der Waals surface area contributed by atoms with Crippen molar-refractivity contribution in [1.82, 2.24) is 14.9 Å². The number of amides is 1. The Morgan fingerprint density at radius 2 is 1.95 bits per heavy atom. The number of hydrogen-bond acceptors (Lipinski definition) is 4. The van der Waals surface area contributed by atoms with Crippen LogP contribution < -0.4 is 11.0 Å².